The van der Waals surface area contributed by atoms with Gasteiger partial charge in [-0.25, -0.2) is 0 Å². The minimum Gasteiger partial charge on any atom is -0.394 e. The van der Waals surface area contributed by atoms with Crippen molar-refractivity contribution in [1.82, 2.24) is 15.5 Å². The smallest absolute Gasteiger partial charge is 0.234 e. The highest BCUT2D eigenvalue weighted by molar-refractivity contribution is 5.79. The lowest BCUT2D eigenvalue weighted by molar-refractivity contribution is -0.131. The lowest BCUT2D eigenvalue weighted by Gasteiger charge is -2.36. The topological polar surface area (TPSA) is 100 Å². The molecule has 0 radical (unpaired) electrons. The number of hydrogen-bond acceptors (Lipinski definition) is 6. The molecule has 0 aromatic carbocycles. The fourth-order valence-electron chi connectivity index (χ4n) is 4.41. The summed E-state index contributed by atoms with van der Waals surface area (Å²) in [6.07, 6.45) is 6.27. The predicted octanol–water partition coefficient (Wildman–Crippen LogP) is 0.0398. The highest BCUT2D eigenvalue weighted by atomic mass is 16.5. The van der Waals surface area contributed by atoms with E-state index in [1.165, 1.54) is 0 Å². The summed E-state index contributed by atoms with van der Waals surface area (Å²) in [5, 5.41) is 15.7. The van der Waals surface area contributed by atoms with Crippen molar-refractivity contribution in [2.75, 3.05) is 46.0 Å². The second kappa shape index (κ2) is 11.1. The zero-order valence-corrected chi connectivity index (χ0v) is 16.7. The maximum Gasteiger partial charge on any atom is 0.234 e. The van der Waals surface area contributed by atoms with Crippen LogP contribution in [0.4, 0.5) is 0 Å². The SMILES string of the molecule is O=C(CN1CCOCC1)N[C@H]1CC[C@H](CCNC(=O)C2CCCC2)O[C@H]1CO. The van der Waals surface area contributed by atoms with Gasteiger partial charge in [-0.2, -0.15) is 0 Å². The van der Waals surface area contributed by atoms with Crippen LogP contribution in [0.1, 0.15) is 44.9 Å². The average Bonchev–Trinajstić information content (AvgIpc) is 3.24. The van der Waals surface area contributed by atoms with Gasteiger partial charge in [0.05, 0.1) is 38.5 Å². The number of ether oxygens (including phenoxy) is 2. The number of nitrogens with one attached hydrogen (secondary N) is 2. The first-order valence-electron chi connectivity index (χ1n) is 10.8. The Morgan fingerprint density at radius 2 is 1.82 bits per heavy atom. The van der Waals surface area contributed by atoms with Gasteiger partial charge in [0.2, 0.25) is 11.8 Å². The van der Waals surface area contributed by atoms with Crippen LogP contribution in [0.2, 0.25) is 0 Å². The van der Waals surface area contributed by atoms with Gasteiger partial charge in [-0.15, -0.1) is 0 Å². The summed E-state index contributed by atoms with van der Waals surface area (Å²) in [5.74, 6) is 0.319. The van der Waals surface area contributed by atoms with Crippen molar-refractivity contribution in [1.29, 1.82) is 0 Å². The highest BCUT2D eigenvalue weighted by Crippen LogP contribution is 2.25. The van der Waals surface area contributed by atoms with Gasteiger partial charge < -0.3 is 25.2 Å². The van der Waals surface area contributed by atoms with E-state index in [0.29, 0.717) is 26.3 Å². The van der Waals surface area contributed by atoms with Gasteiger partial charge in [0, 0.05) is 25.6 Å². The summed E-state index contributed by atoms with van der Waals surface area (Å²) in [7, 11) is 0. The number of hydrogen-bond donors (Lipinski definition) is 3. The molecule has 2 heterocycles. The van der Waals surface area contributed by atoms with E-state index in [1.54, 1.807) is 0 Å². The largest absolute Gasteiger partial charge is 0.394 e. The normalized spacial score (nSPS) is 29.5. The van der Waals surface area contributed by atoms with Crippen LogP contribution in [0.3, 0.4) is 0 Å². The van der Waals surface area contributed by atoms with Gasteiger partial charge in [0.25, 0.3) is 0 Å². The van der Waals surface area contributed by atoms with E-state index in [-0.39, 0.29) is 36.5 Å². The van der Waals surface area contributed by atoms with Crippen molar-refractivity contribution in [3.05, 3.63) is 0 Å². The molecule has 0 unspecified atom stereocenters. The molecule has 0 aromatic rings. The molecule has 3 atom stereocenters. The highest BCUT2D eigenvalue weighted by Gasteiger charge is 2.32. The molecule has 0 spiro atoms. The quantitative estimate of drug-likeness (QED) is 0.535. The molecular weight excluding hydrogens is 362 g/mol. The third-order valence-corrected chi connectivity index (χ3v) is 6.10. The van der Waals surface area contributed by atoms with Gasteiger partial charge >= 0.3 is 0 Å². The van der Waals surface area contributed by atoms with Crippen LogP contribution in [0.5, 0.6) is 0 Å². The van der Waals surface area contributed by atoms with Crippen molar-refractivity contribution in [2.45, 2.75) is 63.2 Å². The predicted molar refractivity (Wildman–Crippen MR) is 104 cm³/mol. The van der Waals surface area contributed by atoms with E-state index in [0.717, 1.165) is 58.0 Å². The number of carbonyl (C=O) groups excluding carboxylic acids is 2. The number of morpholine rings is 1. The Morgan fingerprint density at radius 1 is 1.07 bits per heavy atom. The van der Waals surface area contributed by atoms with Crippen LogP contribution < -0.4 is 10.6 Å². The molecule has 8 heteroatoms. The van der Waals surface area contributed by atoms with Crippen LogP contribution in [0, 0.1) is 5.92 Å². The van der Waals surface area contributed by atoms with E-state index in [9.17, 15) is 14.7 Å². The van der Waals surface area contributed by atoms with Crippen LogP contribution in [-0.2, 0) is 19.1 Å². The zero-order valence-electron chi connectivity index (χ0n) is 16.7. The van der Waals surface area contributed by atoms with Crippen LogP contribution >= 0.6 is 0 Å². The Balaban J connectivity index is 1.35. The number of amides is 2. The Bertz CT molecular complexity index is 506. The van der Waals surface area contributed by atoms with E-state index in [1.807, 2.05) is 0 Å². The number of carbonyl (C=O) groups is 2. The minimum absolute atomic E-state index is 0.00780. The van der Waals surface area contributed by atoms with Crippen molar-refractivity contribution < 1.29 is 24.2 Å². The summed E-state index contributed by atoms with van der Waals surface area (Å²) >= 11 is 0. The summed E-state index contributed by atoms with van der Waals surface area (Å²) < 4.78 is 11.3. The fourth-order valence-corrected chi connectivity index (χ4v) is 4.41. The molecule has 1 aliphatic carbocycles. The van der Waals surface area contributed by atoms with Crippen LogP contribution in [-0.4, -0.2) is 86.1 Å². The molecule has 2 saturated heterocycles. The first-order valence-corrected chi connectivity index (χ1v) is 10.8. The summed E-state index contributed by atoms with van der Waals surface area (Å²) in [5.41, 5.74) is 0. The van der Waals surface area contributed by atoms with Gasteiger partial charge in [-0.3, -0.25) is 14.5 Å². The van der Waals surface area contributed by atoms with Gasteiger partial charge in [0.1, 0.15) is 6.10 Å². The van der Waals surface area contributed by atoms with Gasteiger partial charge in [-0.1, -0.05) is 12.8 Å². The average molecular weight is 398 g/mol. The maximum atomic E-state index is 12.3. The molecule has 0 bridgehead atoms. The Hall–Kier alpha value is -1.22. The first-order chi connectivity index (χ1) is 13.7. The third kappa shape index (κ3) is 6.40. The zero-order chi connectivity index (χ0) is 19.8. The summed E-state index contributed by atoms with van der Waals surface area (Å²) in [4.78, 5) is 26.5. The second-order valence-electron chi connectivity index (χ2n) is 8.18. The van der Waals surface area contributed by atoms with Crippen molar-refractivity contribution in [2.24, 2.45) is 5.92 Å². The lowest BCUT2D eigenvalue weighted by Crippen LogP contribution is -2.53. The Labute approximate surface area is 167 Å². The molecule has 3 N–H and O–H groups in total. The summed E-state index contributed by atoms with van der Waals surface area (Å²) in [6, 6.07) is -0.164. The Kier molecular flexibility index (Phi) is 8.51. The van der Waals surface area contributed by atoms with Crippen molar-refractivity contribution in [3.63, 3.8) is 0 Å². The number of nitrogens with zero attached hydrogens (tertiary/aromatic N) is 1. The summed E-state index contributed by atoms with van der Waals surface area (Å²) in [6.45, 7) is 3.71. The molecule has 28 heavy (non-hydrogen) atoms. The molecule has 3 aliphatic rings. The van der Waals surface area contributed by atoms with Crippen LogP contribution in [0.25, 0.3) is 0 Å². The second-order valence-corrected chi connectivity index (χ2v) is 8.18. The molecule has 8 nitrogen and oxygen atoms in total. The van der Waals surface area contributed by atoms with Crippen molar-refractivity contribution >= 4 is 11.8 Å². The molecule has 160 valence electrons. The standard InChI is InChI=1S/C20H35N3O5/c24-14-18-17(22-19(25)13-23-9-11-27-12-10-23)6-5-16(28-18)7-8-21-20(26)15-3-1-2-4-15/h15-18,24H,1-14H2,(H,21,26)(H,22,25)/t16-,17+,18+/m1/s1. The number of aliphatic hydroxyl groups is 1. The minimum atomic E-state index is -0.391. The molecule has 3 rings (SSSR count). The lowest BCUT2D eigenvalue weighted by atomic mass is 9.97. The molecule has 2 amide bonds. The van der Waals surface area contributed by atoms with E-state index in [2.05, 4.69) is 15.5 Å². The van der Waals surface area contributed by atoms with Gasteiger partial charge in [0.15, 0.2) is 0 Å². The third-order valence-electron chi connectivity index (χ3n) is 6.10. The van der Waals surface area contributed by atoms with E-state index in [4.69, 9.17) is 9.47 Å². The van der Waals surface area contributed by atoms with Crippen LogP contribution in [0.15, 0.2) is 0 Å². The molecule has 0 aromatic heterocycles. The first kappa shape index (κ1) is 21.5. The monoisotopic (exact) mass is 397 g/mol. The molecule has 2 aliphatic heterocycles. The maximum absolute atomic E-state index is 12.3. The van der Waals surface area contributed by atoms with E-state index >= 15 is 0 Å². The van der Waals surface area contributed by atoms with E-state index < -0.39 is 6.10 Å². The molecule has 1 saturated carbocycles. The fraction of sp³-hybridized carbons (Fsp3) is 0.900. The van der Waals surface area contributed by atoms with Crippen molar-refractivity contribution in [3.8, 4) is 0 Å². The Morgan fingerprint density at radius 3 is 2.54 bits per heavy atom. The molecule has 3 fully saturated rings. The number of rotatable bonds is 8. The molecular formula is C20H35N3O5. The van der Waals surface area contributed by atoms with Gasteiger partial charge in [-0.05, 0) is 32.1 Å². The number of aliphatic hydroxyl groups excluding tert-OH is 1.